The van der Waals surface area contributed by atoms with Crippen LogP contribution in [0.4, 0.5) is 0 Å². The lowest BCUT2D eigenvalue weighted by Crippen LogP contribution is -2.29. The van der Waals surface area contributed by atoms with E-state index in [9.17, 15) is 0 Å². The summed E-state index contributed by atoms with van der Waals surface area (Å²) in [6.45, 7) is 7.93. The van der Waals surface area contributed by atoms with E-state index >= 15 is 0 Å². The fraction of sp³-hybridized carbons (Fsp3) is 0.625. The molecule has 4 nitrogen and oxygen atoms in total. The first kappa shape index (κ1) is 16.7. The molecule has 5 heteroatoms. The van der Waals surface area contributed by atoms with Crippen LogP contribution in [0.25, 0.3) is 0 Å². The number of benzene rings is 1. The minimum absolute atomic E-state index is 0.322. The molecule has 2 rings (SSSR count). The molecule has 1 saturated heterocycles. The van der Waals surface area contributed by atoms with Crippen molar-refractivity contribution in [2.45, 2.75) is 32.4 Å². The molecule has 1 heterocycles. The van der Waals surface area contributed by atoms with Gasteiger partial charge in [0.15, 0.2) is 0 Å². The van der Waals surface area contributed by atoms with Gasteiger partial charge in [0.2, 0.25) is 0 Å². The summed E-state index contributed by atoms with van der Waals surface area (Å²) in [4.78, 5) is 0. The van der Waals surface area contributed by atoms with Gasteiger partial charge in [0.25, 0.3) is 0 Å². The van der Waals surface area contributed by atoms with E-state index < -0.39 is 0 Å². The molecule has 2 unspecified atom stereocenters. The Morgan fingerprint density at radius 3 is 2.81 bits per heavy atom. The molecule has 0 saturated carbocycles. The Labute approximate surface area is 132 Å². The lowest BCUT2D eigenvalue weighted by atomic mass is 9.95. The number of nitrogens with one attached hydrogen (secondary N) is 3. The van der Waals surface area contributed by atoms with Crippen molar-refractivity contribution < 1.29 is 4.74 Å². The third kappa shape index (κ3) is 5.57. The summed E-state index contributed by atoms with van der Waals surface area (Å²) in [5.41, 5.74) is 7.88. The molecule has 0 spiro atoms. The molecule has 0 aromatic heterocycles. The van der Waals surface area contributed by atoms with Crippen molar-refractivity contribution in [2.75, 3.05) is 26.2 Å². The molecule has 2 atom stereocenters. The van der Waals surface area contributed by atoms with Crippen molar-refractivity contribution in [1.29, 1.82) is 0 Å². The molecule has 0 bridgehead atoms. The van der Waals surface area contributed by atoms with Crippen LogP contribution in [0.5, 0.6) is 0 Å². The van der Waals surface area contributed by atoms with E-state index in [2.05, 4.69) is 42.1 Å². The van der Waals surface area contributed by atoms with Gasteiger partial charge in [-0.3, -0.25) is 5.43 Å². The van der Waals surface area contributed by atoms with Crippen molar-refractivity contribution in [3.63, 3.8) is 0 Å². The lowest BCUT2D eigenvalue weighted by Gasteiger charge is -2.19. The SMILES string of the molecule is CC(C)OCCCNCC1CNNC1c1ccc(Cl)cc1. The molecule has 1 aromatic rings. The van der Waals surface area contributed by atoms with Gasteiger partial charge in [0.1, 0.15) is 0 Å². The Hall–Kier alpha value is -0.650. The smallest absolute Gasteiger partial charge is 0.0518 e. The summed E-state index contributed by atoms with van der Waals surface area (Å²) in [6, 6.07) is 8.42. The van der Waals surface area contributed by atoms with Crippen molar-refractivity contribution in [1.82, 2.24) is 16.2 Å². The maximum absolute atomic E-state index is 5.95. The fourth-order valence-corrected chi connectivity index (χ4v) is 2.68. The van der Waals surface area contributed by atoms with E-state index in [1.54, 1.807) is 0 Å². The Kier molecular flexibility index (Phi) is 6.93. The van der Waals surface area contributed by atoms with E-state index in [1.165, 1.54) is 5.56 Å². The van der Waals surface area contributed by atoms with Gasteiger partial charge in [-0.05, 0) is 44.5 Å². The first-order chi connectivity index (χ1) is 10.2. The number of hydrogen-bond donors (Lipinski definition) is 3. The molecular weight excluding hydrogens is 286 g/mol. The predicted octanol–water partition coefficient (Wildman–Crippen LogP) is 2.51. The maximum atomic E-state index is 5.95. The molecule has 0 radical (unpaired) electrons. The van der Waals surface area contributed by atoms with Gasteiger partial charge < -0.3 is 10.1 Å². The van der Waals surface area contributed by atoms with E-state index in [0.717, 1.165) is 37.7 Å². The van der Waals surface area contributed by atoms with Crippen LogP contribution in [0.2, 0.25) is 5.02 Å². The van der Waals surface area contributed by atoms with Crippen LogP contribution >= 0.6 is 11.6 Å². The van der Waals surface area contributed by atoms with E-state index in [0.29, 0.717) is 18.1 Å². The zero-order valence-electron chi connectivity index (χ0n) is 12.9. The van der Waals surface area contributed by atoms with E-state index in [4.69, 9.17) is 16.3 Å². The summed E-state index contributed by atoms with van der Waals surface area (Å²) in [7, 11) is 0. The molecular formula is C16H26ClN3O. The monoisotopic (exact) mass is 311 g/mol. The van der Waals surface area contributed by atoms with Crippen LogP contribution in [0, 0.1) is 5.92 Å². The predicted molar refractivity (Wildman–Crippen MR) is 87.4 cm³/mol. The third-order valence-electron chi connectivity index (χ3n) is 3.68. The molecule has 1 aliphatic heterocycles. The van der Waals surface area contributed by atoms with Crippen molar-refractivity contribution in [3.05, 3.63) is 34.9 Å². The highest BCUT2D eigenvalue weighted by Gasteiger charge is 2.27. The average molecular weight is 312 g/mol. The largest absolute Gasteiger partial charge is 0.379 e. The quantitative estimate of drug-likeness (QED) is 0.646. The minimum atomic E-state index is 0.322. The maximum Gasteiger partial charge on any atom is 0.0518 e. The zero-order valence-corrected chi connectivity index (χ0v) is 13.6. The molecule has 0 amide bonds. The Morgan fingerprint density at radius 1 is 1.33 bits per heavy atom. The van der Waals surface area contributed by atoms with Crippen LogP contribution in [-0.2, 0) is 4.74 Å². The normalized spacial score (nSPS) is 22.1. The molecule has 0 aliphatic carbocycles. The molecule has 3 N–H and O–H groups in total. The van der Waals surface area contributed by atoms with Crippen LogP contribution in [0.15, 0.2) is 24.3 Å². The van der Waals surface area contributed by atoms with E-state index in [-0.39, 0.29) is 0 Å². The van der Waals surface area contributed by atoms with Gasteiger partial charge >= 0.3 is 0 Å². The molecule has 1 fully saturated rings. The zero-order chi connectivity index (χ0) is 15.1. The number of ether oxygens (including phenoxy) is 1. The summed E-state index contributed by atoms with van der Waals surface area (Å²) < 4.78 is 5.54. The number of hydrogen-bond acceptors (Lipinski definition) is 4. The van der Waals surface area contributed by atoms with Crippen molar-refractivity contribution in [3.8, 4) is 0 Å². The highest BCUT2D eigenvalue weighted by molar-refractivity contribution is 6.30. The van der Waals surface area contributed by atoms with Gasteiger partial charge in [0.05, 0.1) is 12.1 Å². The second-order valence-electron chi connectivity index (χ2n) is 5.79. The standard InChI is InChI=1S/C16H26ClN3O/c1-12(2)21-9-3-8-18-10-14-11-19-20-16(14)13-4-6-15(17)7-5-13/h4-7,12,14,16,18-20H,3,8-11H2,1-2H3. The topological polar surface area (TPSA) is 45.3 Å². The van der Waals surface area contributed by atoms with Gasteiger partial charge in [0, 0.05) is 30.6 Å². The highest BCUT2D eigenvalue weighted by Crippen LogP contribution is 2.25. The molecule has 118 valence electrons. The summed E-state index contributed by atoms with van der Waals surface area (Å²) in [6.07, 6.45) is 1.37. The second-order valence-corrected chi connectivity index (χ2v) is 6.23. The first-order valence-electron chi connectivity index (χ1n) is 7.73. The van der Waals surface area contributed by atoms with Crippen LogP contribution in [0.3, 0.4) is 0 Å². The highest BCUT2D eigenvalue weighted by atomic mass is 35.5. The van der Waals surface area contributed by atoms with Gasteiger partial charge in [-0.2, -0.15) is 0 Å². The summed E-state index contributed by atoms with van der Waals surface area (Å²) in [5.74, 6) is 0.539. The van der Waals surface area contributed by atoms with Gasteiger partial charge in [-0.25, -0.2) is 5.43 Å². The number of rotatable bonds is 8. The minimum Gasteiger partial charge on any atom is -0.379 e. The number of halogens is 1. The Morgan fingerprint density at radius 2 is 2.10 bits per heavy atom. The molecule has 1 aliphatic rings. The van der Waals surface area contributed by atoms with Crippen LogP contribution in [0.1, 0.15) is 31.9 Å². The van der Waals surface area contributed by atoms with Crippen molar-refractivity contribution >= 4 is 11.6 Å². The fourth-order valence-electron chi connectivity index (χ4n) is 2.55. The summed E-state index contributed by atoms with van der Waals surface area (Å²) >= 11 is 5.95. The van der Waals surface area contributed by atoms with Crippen LogP contribution in [-0.4, -0.2) is 32.3 Å². The Balaban J connectivity index is 1.71. The lowest BCUT2D eigenvalue weighted by molar-refractivity contribution is 0.0769. The molecule has 21 heavy (non-hydrogen) atoms. The van der Waals surface area contributed by atoms with Gasteiger partial charge in [-0.15, -0.1) is 0 Å². The van der Waals surface area contributed by atoms with E-state index in [1.807, 2.05) is 12.1 Å². The Bertz CT molecular complexity index is 410. The average Bonchev–Trinajstić information content (AvgIpc) is 2.91. The van der Waals surface area contributed by atoms with Crippen LogP contribution < -0.4 is 16.2 Å². The molecule has 1 aromatic carbocycles. The summed E-state index contributed by atoms with van der Waals surface area (Å²) in [5, 5.41) is 4.31. The third-order valence-corrected chi connectivity index (χ3v) is 3.93. The van der Waals surface area contributed by atoms with Crippen molar-refractivity contribution in [2.24, 2.45) is 5.92 Å². The number of hydrazine groups is 1. The first-order valence-corrected chi connectivity index (χ1v) is 8.11. The van der Waals surface area contributed by atoms with Gasteiger partial charge in [-0.1, -0.05) is 23.7 Å². The second kappa shape index (κ2) is 8.71.